The Labute approximate surface area is 288 Å². The molecule has 0 radical (unpaired) electrons. The van der Waals surface area contributed by atoms with Crippen molar-refractivity contribution in [3.63, 3.8) is 0 Å². The van der Waals surface area contributed by atoms with Crippen LogP contribution in [-0.4, -0.2) is 25.7 Å². The minimum Gasteiger partial charge on any atom is -0.287 e. The van der Waals surface area contributed by atoms with E-state index in [1.807, 2.05) is 42.7 Å². The molecule has 3 aromatic heterocycles. The molecular formula is C33H29F6FeN5O3P+. The molecule has 16 heteroatoms. The van der Waals surface area contributed by atoms with Crippen LogP contribution in [0.2, 0.25) is 0 Å². The van der Waals surface area contributed by atoms with Gasteiger partial charge in [0.25, 0.3) is 0 Å². The van der Waals surface area contributed by atoms with Gasteiger partial charge in [0.2, 0.25) is 5.90 Å². The van der Waals surface area contributed by atoms with Crippen molar-refractivity contribution in [2.24, 2.45) is 4.99 Å². The number of ether oxygens (including phenoxy) is 1. The van der Waals surface area contributed by atoms with E-state index >= 15 is 0 Å². The van der Waals surface area contributed by atoms with Gasteiger partial charge < -0.3 is 14.9 Å². The second-order valence-corrected chi connectivity index (χ2v) is 12.4. The molecule has 0 saturated carbocycles. The van der Waals surface area contributed by atoms with E-state index in [2.05, 4.69) is 61.2 Å². The van der Waals surface area contributed by atoms with Crippen LogP contribution >= 0.6 is 7.81 Å². The van der Waals surface area contributed by atoms with Crippen molar-refractivity contribution in [2.45, 2.75) is 33.2 Å². The Morgan fingerprint density at radius 3 is 1.80 bits per heavy atom. The minimum atomic E-state index is -10.7. The fraction of sp³-hybridized carbons (Fsp3) is 0.152. The van der Waals surface area contributed by atoms with Crippen molar-refractivity contribution in [3.8, 4) is 11.5 Å². The molecular weight excluding hydrogens is 715 g/mol. The van der Waals surface area contributed by atoms with Crippen molar-refractivity contribution in [2.75, 3.05) is 0 Å². The van der Waals surface area contributed by atoms with E-state index in [4.69, 9.17) is 4.74 Å². The molecule has 0 saturated heterocycles. The predicted octanol–water partition coefficient (Wildman–Crippen LogP) is 8.20. The summed E-state index contributed by atoms with van der Waals surface area (Å²) in [5.74, 6) is -0.198. The minimum absolute atomic E-state index is 0. The van der Waals surface area contributed by atoms with Gasteiger partial charge in [-0.3, -0.25) is 19.9 Å². The van der Waals surface area contributed by atoms with Crippen LogP contribution in [0.15, 0.2) is 115 Å². The number of halogens is 6. The van der Waals surface area contributed by atoms with Crippen LogP contribution in [0.3, 0.4) is 0 Å². The number of benzene rings is 2. The number of aliphatic imine (C=N–C) groups is 1. The Morgan fingerprint density at radius 2 is 1.27 bits per heavy atom. The molecule has 4 heterocycles. The first kappa shape index (κ1) is 38.9. The van der Waals surface area contributed by atoms with Gasteiger partial charge in [-0.2, -0.15) is 0 Å². The van der Waals surface area contributed by atoms with Crippen molar-refractivity contribution < 1.29 is 57.2 Å². The zero-order valence-electron chi connectivity index (χ0n) is 25.8. The summed E-state index contributed by atoms with van der Waals surface area (Å²) in [6.45, 7) is 4.41. The number of pyridine rings is 3. The summed E-state index contributed by atoms with van der Waals surface area (Å²) in [6.07, 6.45) is 5.30. The molecule has 258 valence electrons. The molecule has 5 aromatic rings. The van der Waals surface area contributed by atoms with E-state index in [0.717, 1.165) is 31.0 Å². The average Bonchev–Trinajstić information content (AvgIpc) is 3.44. The van der Waals surface area contributed by atoms with E-state index in [9.17, 15) is 35.4 Å². The number of hydrogen-bond donors (Lipinski definition) is 0. The molecule has 0 fully saturated rings. The Bertz CT molecular complexity index is 1730. The average molecular weight is 744 g/mol. The molecule has 0 aliphatic carbocycles. The maximum atomic E-state index is 12.0. The van der Waals surface area contributed by atoms with Gasteiger partial charge in [0.1, 0.15) is 6.61 Å². The molecule has 1 aliphatic rings. The second-order valence-electron chi connectivity index (χ2n) is 10.5. The Kier molecular flexibility index (Phi) is 12.5. The molecule has 49 heavy (non-hydrogen) atoms. The van der Waals surface area contributed by atoms with E-state index < -0.39 is 7.81 Å². The van der Waals surface area contributed by atoms with Crippen molar-refractivity contribution in [1.82, 2.24) is 19.9 Å². The van der Waals surface area contributed by atoms with Crippen LogP contribution in [-0.2, 0) is 48.0 Å². The van der Waals surface area contributed by atoms with E-state index in [-0.39, 0.29) is 46.8 Å². The van der Waals surface area contributed by atoms with Crippen LogP contribution < -0.4 is 10.2 Å². The van der Waals surface area contributed by atoms with E-state index in [1.165, 1.54) is 11.6 Å². The molecule has 0 N–H and O–H groups in total. The van der Waals surface area contributed by atoms with Gasteiger partial charge in [-0.25, -0.2) is 4.99 Å². The van der Waals surface area contributed by atoms with Gasteiger partial charge in [-0.05, 0) is 42.8 Å². The summed E-state index contributed by atoms with van der Waals surface area (Å²) in [7, 11) is -10.7. The Hall–Kier alpha value is -4.55. The summed E-state index contributed by atoms with van der Waals surface area (Å²) in [6, 6.07) is 29.0. The van der Waals surface area contributed by atoms with Gasteiger partial charge in [-0.1, -0.05) is 72.2 Å². The largest absolute Gasteiger partial charge is 4.00 e. The Morgan fingerprint density at radius 1 is 0.735 bits per heavy atom. The summed E-state index contributed by atoms with van der Waals surface area (Å²) in [5.41, 5.74) is 5.23. The van der Waals surface area contributed by atoms with Gasteiger partial charge in [-0.15, -0.1) is 0 Å². The zero-order valence-corrected chi connectivity index (χ0v) is 27.7. The third kappa shape index (κ3) is 14.2. The van der Waals surface area contributed by atoms with Gasteiger partial charge >= 0.3 is 50.1 Å². The van der Waals surface area contributed by atoms with Crippen LogP contribution in [0.4, 0.5) is 30.9 Å². The summed E-state index contributed by atoms with van der Waals surface area (Å²) in [5, 5.41) is 23.7. The van der Waals surface area contributed by atoms with E-state index in [0.29, 0.717) is 16.8 Å². The molecule has 2 aromatic carbocycles. The fourth-order valence-electron chi connectivity index (χ4n) is 4.38. The first-order valence-corrected chi connectivity index (χ1v) is 16.3. The molecule has 0 atom stereocenters. The molecule has 0 bridgehead atoms. The molecule has 8 nitrogen and oxygen atoms in total. The SMILES string of the molecule is Cc1ncc2c(c1[O-])C(=Nc1ccccc1[O-])OC2.F[P-](F)(F)(F)(F)F.[Fe+4].c1ccc(CN(Cc2ccccn2)Cc2ccccn2)cc1. The summed E-state index contributed by atoms with van der Waals surface area (Å²) in [4.78, 5) is 19.4. The van der Waals surface area contributed by atoms with Crippen LogP contribution in [0.25, 0.3) is 0 Å². The normalized spacial score (nSPS) is 14.1. The number of nitrogens with zero attached hydrogens (tertiary/aromatic N) is 5. The van der Waals surface area contributed by atoms with Crippen LogP contribution in [0, 0.1) is 6.92 Å². The van der Waals surface area contributed by atoms with E-state index in [1.54, 1.807) is 31.3 Å². The number of fused-ring (bicyclic) bond motifs is 1. The standard InChI is InChI=1S/C19H19N3.C14H12N2O3.F6P.Fe/c1-2-8-17(9-3-1)14-22(15-18-10-4-6-12-20-18)16-19-11-5-7-13-21-19;1-8-13(18)12-9(6-15-8)7-19-14(12)16-10-4-2-3-5-11(10)17;1-7(2,3,4,5)6;/h1-13H,14-16H2;2-6,17-18H,7H2,1H3;;/q;;-1;+4/p-2. The first-order chi connectivity index (χ1) is 22.5. The Balaban J connectivity index is 0.000000221. The number of hydrogen-bond acceptors (Lipinski definition) is 8. The third-order valence-corrected chi connectivity index (χ3v) is 6.43. The molecule has 0 unspecified atom stereocenters. The monoisotopic (exact) mass is 744 g/mol. The third-order valence-electron chi connectivity index (χ3n) is 6.43. The number of aryl methyl sites for hydroxylation is 1. The first-order valence-electron chi connectivity index (χ1n) is 14.3. The quantitative estimate of drug-likeness (QED) is 0.0939. The predicted molar refractivity (Wildman–Crippen MR) is 167 cm³/mol. The maximum Gasteiger partial charge on any atom is 4.00 e. The molecule has 6 rings (SSSR count). The maximum absolute atomic E-state index is 12.0. The van der Waals surface area contributed by atoms with Crippen molar-refractivity contribution in [1.29, 1.82) is 0 Å². The van der Waals surface area contributed by atoms with Gasteiger partial charge in [0.15, 0.2) is 0 Å². The van der Waals surface area contributed by atoms with Crippen molar-refractivity contribution >= 4 is 19.4 Å². The number of rotatable bonds is 7. The van der Waals surface area contributed by atoms with Gasteiger partial charge in [0.05, 0.1) is 17.1 Å². The second kappa shape index (κ2) is 15.8. The summed E-state index contributed by atoms with van der Waals surface area (Å²) >= 11 is 0. The topological polar surface area (TPSA) is 110 Å². The van der Waals surface area contributed by atoms with Gasteiger partial charge in [0, 0.05) is 55.0 Å². The summed E-state index contributed by atoms with van der Waals surface area (Å²) < 4.78 is 64.6. The molecule has 1 aliphatic heterocycles. The number of para-hydroxylation sites is 2. The number of aromatic nitrogens is 3. The smallest absolute Gasteiger partial charge is 0.287 e. The molecule has 0 amide bonds. The molecule has 0 spiro atoms. The van der Waals surface area contributed by atoms with Crippen molar-refractivity contribution in [3.05, 3.63) is 143 Å². The van der Waals surface area contributed by atoms with Crippen LogP contribution in [0.5, 0.6) is 11.5 Å². The zero-order chi connectivity index (χ0) is 34.9. The van der Waals surface area contributed by atoms with Crippen LogP contribution in [0.1, 0.15) is 33.8 Å². The fourth-order valence-corrected chi connectivity index (χ4v) is 4.38.